The Balaban J connectivity index is 1.57. The lowest BCUT2D eigenvalue weighted by Gasteiger charge is -2.15. The summed E-state index contributed by atoms with van der Waals surface area (Å²) < 4.78 is 31.0. The first-order chi connectivity index (χ1) is 18.3. The van der Waals surface area contributed by atoms with Crippen molar-refractivity contribution in [1.82, 2.24) is 5.16 Å². The smallest absolute Gasteiger partial charge is 0.311 e. The molecule has 0 aliphatic heterocycles. The average molecular weight is 536 g/mol. The van der Waals surface area contributed by atoms with Crippen molar-refractivity contribution < 1.29 is 28.0 Å². The summed E-state index contributed by atoms with van der Waals surface area (Å²) in [5.74, 6) is -0.870. The summed E-state index contributed by atoms with van der Waals surface area (Å²) >= 11 is 6.23. The number of hydrogen-bond donors (Lipinski definition) is 0. The highest BCUT2D eigenvalue weighted by atomic mass is 35.5. The Morgan fingerprint density at radius 3 is 2.53 bits per heavy atom. The topological polar surface area (TPSA) is 78.6 Å². The maximum Gasteiger partial charge on any atom is 0.311 e. The first-order valence-electron chi connectivity index (χ1n) is 12.2. The van der Waals surface area contributed by atoms with E-state index in [9.17, 15) is 14.0 Å². The number of esters is 2. The van der Waals surface area contributed by atoms with Crippen LogP contribution < -0.4 is 0 Å². The van der Waals surface area contributed by atoms with E-state index in [0.717, 1.165) is 0 Å². The van der Waals surface area contributed by atoms with Crippen LogP contribution in [0.15, 0.2) is 71.3 Å². The van der Waals surface area contributed by atoms with Crippen molar-refractivity contribution in [2.24, 2.45) is 0 Å². The van der Waals surface area contributed by atoms with E-state index in [2.05, 4.69) is 5.16 Å². The standard InChI is InChI=1S/C30H27ClFNO5/c1-4-36-28(34)15-20-12-13-27(32)25(14-20)21-8-7-9-22(16-21)30-24(18(2)33-38-30)17-29(35)37-19(3)23-10-5-6-11-26(23)31/h5-14,16,19H,4,15,17H2,1-3H3. The highest BCUT2D eigenvalue weighted by Gasteiger charge is 2.22. The van der Waals surface area contributed by atoms with E-state index in [4.69, 9.17) is 25.6 Å². The molecule has 4 rings (SSSR count). The summed E-state index contributed by atoms with van der Waals surface area (Å²) in [7, 11) is 0. The number of halogens is 2. The van der Waals surface area contributed by atoms with Gasteiger partial charge >= 0.3 is 11.9 Å². The van der Waals surface area contributed by atoms with Crippen LogP contribution in [-0.4, -0.2) is 23.7 Å². The summed E-state index contributed by atoms with van der Waals surface area (Å²) in [6.07, 6.45) is -0.554. The van der Waals surface area contributed by atoms with E-state index in [1.807, 2.05) is 18.2 Å². The lowest BCUT2D eigenvalue weighted by Crippen LogP contribution is -2.12. The highest BCUT2D eigenvalue weighted by Crippen LogP contribution is 2.33. The number of carbonyl (C=O) groups is 2. The molecule has 0 spiro atoms. The zero-order valence-electron chi connectivity index (χ0n) is 21.3. The molecule has 0 bridgehead atoms. The van der Waals surface area contributed by atoms with Gasteiger partial charge in [0.1, 0.15) is 11.9 Å². The molecule has 0 saturated heterocycles. The van der Waals surface area contributed by atoms with Gasteiger partial charge in [0.15, 0.2) is 5.76 Å². The second-order valence-electron chi connectivity index (χ2n) is 8.78. The zero-order chi connectivity index (χ0) is 27.2. The second kappa shape index (κ2) is 12.0. The van der Waals surface area contributed by atoms with Gasteiger partial charge in [-0.15, -0.1) is 0 Å². The van der Waals surface area contributed by atoms with Crippen LogP contribution >= 0.6 is 11.6 Å². The van der Waals surface area contributed by atoms with Crippen LogP contribution in [0.4, 0.5) is 4.39 Å². The van der Waals surface area contributed by atoms with E-state index in [1.54, 1.807) is 63.2 Å². The van der Waals surface area contributed by atoms with Crippen molar-refractivity contribution in [3.63, 3.8) is 0 Å². The summed E-state index contributed by atoms with van der Waals surface area (Å²) in [5.41, 5.74) is 4.02. The molecule has 3 aromatic carbocycles. The molecule has 0 aliphatic carbocycles. The van der Waals surface area contributed by atoms with Crippen LogP contribution in [0, 0.1) is 12.7 Å². The molecular weight excluding hydrogens is 509 g/mol. The van der Waals surface area contributed by atoms with Gasteiger partial charge in [0.2, 0.25) is 0 Å². The lowest BCUT2D eigenvalue weighted by molar-refractivity contribution is -0.147. The van der Waals surface area contributed by atoms with Crippen molar-refractivity contribution in [3.8, 4) is 22.5 Å². The van der Waals surface area contributed by atoms with E-state index in [-0.39, 0.29) is 25.4 Å². The fourth-order valence-corrected chi connectivity index (χ4v) is 4.47. The summed E-state index contributed by atoms with van der Waals surface area (Å²) in [6.45, 7) is 5.52. The quantitative estimate of drug-likeness (QED) is 0.213. The van der Waals surface area contributed by atoms with Crippen LogP contribution in [0.1, 0.15) is 42.3 Å². The number of hydrogen-bond acceptors (Lipinski definition) is 6. The molecule has 4 aromatic rings. The number of carbonyl (C=O) groups excluding carboxylic acids is 2. The maximum absolute atomic E-state index is 14.8. The molecule has 0 saturated carbocycles. The molecule has 1 atom stereocenters. The molecule has 38 heavy (non-hydrogen) atoms. The SMILES string of the molecule is CCOC(=O)Cc1ccc(F)c(-c2cccc(-c3onc(C)c3CC(=O)OC(C)c3ccccc3Cl)c2)c1. The molecule has 0 N–H and O–H groups in total. The predicted octanol–water partition coefficient (Wildman–Crippen LogP) is 7.06. The van der Waals surface area contributed by atoms with Crippen molar-refractivity contribution in [3.05, 3.63) is 100.0 Å². The fourth-order valence-electron chi connectivity index (χ4n) is 4.19. The van der Waals surface area contributed by atoms with Crippen LogP contribution in [0.25, 0.3) is 22.5 Å². The third-order valence-electron chi connectivity index (χ3n) is 6.08. The van der Waals surface area contributed by atoms with Gasteiger partial charge in [-0.3, -0.25) is 9.59 Å². The fraction of sp³-hybridized carbons (Fsp3) is 0.233. The van der Waals surface area contributed by atoms with Crippen molar-refractivity contribution >= 4 is 23.5 Å². The average Bonchev–Trinajstić information content (AvgIpc) is 3.25. The normalized spacial score (nSPS) is 11.7. The third kappa shape index (κ3) is 6.29. The van der Waals surface area contributed by atoms with Gasteiger partial charge in [-0.25, -0.2) is 4.39 Å². The van der Waals surface area contributed by atoms with Gasteiger partial charge in [0.25, 0.3) is 0 Å². The monoisotopic (exact) mass is 535 g/mol. The van der Waals surface area contributed by atoms with Crippen molar-refractivity contribution in [2.45, 2.75) is 39.7 Å². The van der Waals surface area contributed by atoms with Crippen molar-refractivity contribution in [1.29, 1.82) is 0 Å². The molecule has 0 amide bonds. The molecule has 0 radical (unpaired) electrons. The Morgan fingerprint density at radius 2 is 1.76 bits per heavy atom. The molecule has 1 heterocycles. The first-order valence-corrected chi connectivity index (χ1v) is 12.6. The van der Waals surface area contributed by atoms with Gasteiger partial charge < -0.3 is 14.0 Å². The number of ether oxygens (including phenoxy) is 2. The summed E-state index contributed by atoms with van der Waals surface area (Å²) in [4.78, 5) is 24.7. The molecule has 1 aromatic heterocycles. The van der Waals surface area contributed by atoms with Gasteiger partial charge in [-0.2, -0.15) is 0 Å². The van der Waals surface area contributed by atoms with Crippen molar-refractivity contribution in [2.75, 3.05) is 6.61 Å². The molecular formula is C30H27ClFNO5. The maximum atomic E-state index is 14.8. The minimum Gasteiger partial charge on any atom is -0.466 e. The Morgan fingerprint density at radius 1 is 1.00 bits per heavy atom. The largest absolute Gasteiger partial charge is 0.466 e. The van der Waals surface area contributed by atoms with Crippen LogP contribution in [0.5, 0.6) is 0 Å². The van der Waals surface area contributed by atoms with Gasteiger partial charge in [-0.05, 0) is 56.2 Å². The number of nitrogens with zero attached hydrogens (tertiary/aromatic N) is 1. The molecule has 6 nitrogen and oxygen atoms in total. The number of benzene rings is 3. The number of rotatable bonds is 9. The summed E-state index contributed by atoms with van der Waals surface area (Å²) in [5, 5.41) is 4.57. The second-order valence-corrected chi connectivity index (χ2v) is 9.19. The van der Waals surface area contributed by atoms with E-state index >= 15 is 0 Å². The van der Waals surface area contributed by atoms with Crippen LogP contribution in [0.3, 0.4) is 0 Å². The highest BCUT2D eigenvalue weighted by molar-refractivity contribution is 6.31. The molecule has 1 unspecified atom stereocenters. The Kier molecular flexibility index (Phi) is 8.59. The molecule has 8 heteroatoms. The summed E-state index contributed by atoms with van der Waals surface area (Å²) in [6, 6.07) is 18.8. The van der Waals surface area contributed by atoms with Gasteiger partial charge in [0.05, 0.1) is 25.1 Å². The predicted molar refractivity (Wildman–Crippen MR) is 142 cm³/mol. The van der Waals surface area contributed by atoms with Crippen LogP contribution in [-0.2, 0) is 31.9 Å². The van der Waals surface area contributed by atoms with Gasteiger partial charge in [-0.1, -0.05) is 59.2 Å². The third-order valence-corrected chi connectivity index (χ3v) is 6.42. The van der Waals surface area contributed by atoms with E-state index in [0.29, 0.717) is 49.9 Å². The molecule has 196 valence electrons. The van der Waals surface area contributed by atoms with E-state index < -0.39 is 17.9 Å². The van der Waals surface area contributed by atoms with Gasteiger partial charge in [0, 0.05) is 27.3 Å². The van der Waals surface area contributed by atoms with Crippen LogP contribution in [0.2, 0.25) is 5.02 Å². The zero-order valence-corrected chi connectivity index (χ0v) is 22.0. The minimum atomic E-state index is -0.534. The number of aromatic nitrogens is 1. The Hall–Kier alpha value is -3.97. The first kappa shape index (κ1) is 27.1. The Labute approximate surface area is 225 Å². The molecule has 0 aliphatic rings. The molecule has 0 fully saturated rings. The number of aryl methyl sites for hydroxylation is 1. The lowest BCUT2D eigenvalue weighted by atomic mass is 9.97. The van der Waals surface area contributed by atoms with E-state index in [1.165, 1.54) is 6.07 Å². The minimum absolute atomic E-state index is 0.0426. The Bertz CT molecular complexity index is 1460.